The summed E-state index contributed by atoms with van der Waals surface area (Å²) in [7, 11) is -3.21. The van der Waals surface area contributed by atoms with Crippen LogP contribution in [0.1, 0.15) is 19.5 Å². The second-order valence-corrected chi connectivity index (χ2v) is 10.4. The number of pyridine rings is 1. The van der Waals surface area contributed by atoms with Crippen LogP contribution in [0.2, 0.25) is 0 Å². The van der Waals surface area contributed by atoms with Gasteiger partial charge in [0.2, 0.25) is 5.82 Å². The Kier molecular flexibility index (Phi) is 7.84. The molecule has 174 valence electrons. The minimum atomic E-state index is -4.52. The first kappa shape index (κ1) is 24.8. The molecule has 11 heteroatoms. The van der Waals surface area contributed by atoms with Gasteiger partial charge in [-0.1, -0.05) is 26.0 Å². The van der Waals surface area contributed by atoms with Crippen LogP contribution in [-0.2, 0) is 14.8 Å². The average Bonchev–Trinajstić information content (AvgIpc) is 2.79. The lowest BCUT2D eigenvalue weighted by Crippen LogP contribution is -2.39. The maximum Gasteiger partial charge on any atom is 0.430 e. The van der Waals surface area contributed by atoms with Crippen molar-refractivity contribution in [2.45, 2.75) is 25.7 Å². The first-order valence-corrected chi connectivity index (χ1v) is 12.5. The topological polar surface area (TPSA) is 112 Å². The third-order valence-corrected chi connectivity index (χ3v) is 6.75. The van der Waals surface area contributed by atoms with E-state index in [0.717, 1.165) is 3.57 Å². The highest BCUT2D eigenvalue weighted by molar-refractivity contribution is 14.1. The molecule has 0 unspecified atom stereocenters. The molecule has 9 nitrogen and oxygen atoms in total. The summed E-state index contributed by atoms with van der Waals surface area (Å²) in [6.07, 6.45) is 1.72. The van der Waals surface area contributed by atoms with E-state index in [1.807, 2.05) is 26.0 Å². The van der Waals surface area contributed by atoms with Crippen molar-refractivity contribution in [3.05, 3.63) is 58.1 Å². The fourth-order valence-corrected chi connectivity index (χ4v) is 4.67. The molecule has 1 amide bonds. The molecule has 0 aliphatic rings. The maximum atomic E-state index is 13.9. The first-order chi connectivity index (χ1) is 15.6. The number of aryl methyl sites for hydroxylation is 1. The summed E-state index contributed by atoms with van der Waals surface area (Å²) in [6, 6.07) is 10.1. The predicted molar refractivity (Wildman–Crippen MR) is 132 cm³/mol. The van der Waals surface area contributed by atoms with Crippen molar-refractivity contribution < 1.29 is 22.7 Å². The van der Waals surface area contributed by atoms with Crippen LogP contribution in [-0.4, -0.2) is 43.2 Å². The van der Waals surface area contributed by atoms with Crippen molar-refractivity contribution in [3.8, 4) is 17.1 Å². The molecular formula is C22H23IN4O5S. The van der Waals surface area contributed by atoms with Crippen LogP contribution in [0.25, 0.3) is 11.3 Å². The van der Waals surface area contributed by atoms with Gasteiger partial charge in [0, 0.05) is 15.3 Å². The molecule has 3 aromatic rings. The van der Waals surface area contributed by atoms with Gasteiger partial charge < -0.3 is 9.47 Å². The molecule has 0 fully saturated rings. The van der Waals surface area contributed by atoms with Crippen molar-refractivity contribution in [2.75, 3.05) is 18.0 Å². The van der Waals surface area contributed by atoms with Crippen molar-refractivity contribution >= 4 is 44.5 Å². The van der Waals surface area contributed by atoms with E-state index >= 15 is 0 Å². The summed E-state index contributed by atoms with van der Waals surface area (Å²) in [5.74, 6) is -0.431. The number of ether oxygens (including phenoxy) is 2. The molecule has 0 bridgehead atoms. The Labute approximate surface area is 206 Å². The SMILES string of the molecule is COc1nc(C)cnc1N(C(=O)OCC(C)C)S(=O)(=O)c1cccnc1-c1ccc(I)cc1. The van der Waals surface area contributed by atoms with Gasteiger partial charge in [0.1, 0.15) is 4.90 Å². The Balaban J connectivity index is 2.21. The second-order valence-electron chi connectivity index (χ2n) is 7.44. The van der Waals surface area contributed by atoms with Crippen LogP contribution in [0.3, 0.4) is 0 Å². The van der Waals surface area contributed by atoms with Crippen LogP contribution < -0.4 is 9.04 Å². The molecule has 0 aliphatic heterocycles. The minimum absolute atomic E-state index is 0.00903. The van der Waals surface area contributed by atoms with Crippen LogP contribution in [0.4, 0.5) is 10.6 Å². The third kappa shape index (κ3) is 5.58. The van der Waals surface area contributed by atoms with E-state index < -0.39 is 16.1 Å². The fraction of sp³-hybridized carbons (Fsp3) is 0.273. The predicted octanol–water partition coefficient (Wildman–Crippen LogP) is 4.45. The Morgan fingerprint density at radius 1 is 1.15 bits per heavy atom. The van der Waals surface area contributed by atoms with Gasteiger partial charge in [-0.2, -0.15) is 0 Å². The standard InChI is InChI=1S/C22H23IN4O5S/c1-14(2)13-32-22(28)27(20-21(31-4)26-15(3)12-25-20)33(29,30)18-6-5-11-24-19(18)16-7-9-17(23)10-8-16/h5-12,14H,13H2,1-4H3. The average molecular weight is 582 g/mol. The van der Waals surface area contributed by atoms with Gasteiger partial charge >= 0.3 is 6.09 Å². The summed E-state index contributed by atoms with van der Waals surface area (Å²) < 4.78 is 39.8. The largest absolute Gasteiger partial charge is 0.478 e. The molecule has 0 saturated heterocycles. The van der Waals surface area contributed by atoms with E-state index in [1.54, 1.807) is 19.1 Å². The van der Waals surface area contributed by atoms with Crippen molar-refractivity contribution in [1.82, 2.24) is 15.0 Å². The molecule has 2 aromatic heterocycles. The van der Waals surface area contributed by atoms with E-state index in [1.165, 1.54) is 31.6 Å². The monoisotopic (exact) mass is 582 g/mol. The zero-order valence-electron chi connectivity index (χ0n) is 18.5. The van der Waals surface area contributed by atoms with Crippen LogP contribution in [0.5, 0.6) is 5.88 Å². The molecule has 0 aliphatic carbocycles. The molecular weight excluding hydrogens is 559 g/mol. The number of rotatable bonds is 7. The van der Waals surface area contributed by atoms with Gasteiger partial charge in [0.25, 0.3) is 15.9 Å². The number of nitrogens with zero attached hydrogens (tertiary/aromatic N) is 4. The number of carbonyl (C=O) groups is 1. The lowest BCUT2D eigenvalue weighted by atomic mass is 10.1. The van der Waals surface area contributed by atoms with Gasteiger partial charge in [-0.05, 0) is 59.7 Å². The number of hydrogen-bond acceptors (Lipinski definition) is 8. The summed E-state index contributed by atoms with van der Waals surface area (Å²) in [5.41, 5.74) is 1.26. The maximum absolute atomic E-state index is 13.9. The number of halogens is 1. The number of sulfonamides is 1. The molecule has 1 aromatic carbocycles. The first-order valence-electron chi connectivity index (χ1n) is 9.95. The highest BCUT2D eigenvalue weighted by atomic mass is 127. The number of benzene rings is 1. The van der Waals surface area contributed by atoms with E-state index in [2.05, 4.69) is 37.5 Å². The summed E-state index contributed by atoms with van der Waals surface area (Å²) in [4.78, 5) is 25.5. The van der Waals surface area contributed by atoms with Gasteiger partial charge in [-0.25, -0.2) is 23.2 Å². The van der Waals surface area contributed by atoms with Crippen molar-refractivity contribution in [2.24, 2.45) is 5.92 Å². The van der Waals surface area contributed by atoms with E-state index in [0.29, 0.717) is 15.6 Å². The van der Waals surface area contributed by atoms with E-state index in [4.69, 9.17) is 9.47 Å². The smallest absolute Gasteiger partial charge is 0.430 e. The number of amides is 1. The Hall–Kier alpha value is -2.80. The quantitative estimate of drug-likeness (QED) is 0.376. The second kappa shape index (κ2) is 10.4. The molecule has 0 spiro atoms. The van der Waals surface area contributed by atoms with Crippen LogP contribution in [0, 0.1) is 16.4 Å². The lowest BCUT2D eigenvalue weighted by Gasteiger charge is -2.23. The third-order valence-electron chi connectivity index (χ3n) is 4.34. The molecule has 33 heavy (non-hydrogen) atoms. The Bertz CT molecular complexity index is 1250. The van der Waals surface area contributed by atoms with Gasteiger partial charge in [0.15, 0.2) is 0 Å². The highest BCUT2D eigenvalue weighted by Crippen LogP contribution is 2.33. The van der Waals surface area contributed by atoms with Crippen molar-refractivity contribution in [3.63, 3.8) is 0 Å². The van der Waals surface area contributed by atoms with Gasteiger partial charge in [-0.15, -0.1) is 4.31 Å². The molecule has 3 rings (SSSR count). The number of anilines is 1. The lowest BCUT2D eigenvalue weighted by molar-refractivity contribution is 0.143. The Morgan fingerprint density at radius 3 is 2.48 bits per heavy atom. The summed E-state index contributed by atoms with van der Waals surface area (Å²) in [6.45, 7) is 5.37. The van der Waals surface area contributed by atoms with Gasteiger partial charge in [0.05, 0.1) is 31.3 Å². The Morgan fingerprint density at radius 2 is 1.85 bits per heavy atom. The molecule has 2 heterocycles. The van der Waals surface area contributed by atoms with Gasteiger partial charge in [-0.3, -0.25) is 4.98 Å². The number of methoxy groups -OCH3 is 1. The number of carbonyl (C=O) groups excluding carboxylic acids is 1. The molecule has 0 radical (unpaired) electrons. The zero-order chi connectivity index (χ0) is 24.2. The number of aromatic nitrogens is 3. The fourth-order valence-electron chi connectivity index (χ4n) is 2.84. The van der Waals surface area contributed by atoms with E-state index in [9.17, 15) is 13.2 Å². The molecule has 0 atom stereocenters. The molecule has 0 N–H and O–H groups in total. The highest BCUT2D eigenvalue weighted by Gasteiger charge is 2.38. The van der Waals surface area contributed by atoms with Crippen molar-refractivity contribution in [1.29, 1.82) is 0 Å². The van der Waals surface area contributed by atoms with E-state index in [-0.39, 0.29) is 34.8 Å². The summed E-state index contributed by atoms with van der Waals surface area (Å²) >= 11 is 2.16. The van der Waals surface area contributed by atoms with Crippen LogP contribution >= 0.6 is 22.6 Å². The summed E-state index contributed by atoms with van der Waals surface area (Å²) in [5, 5.41) is 0. The molecule has 0 saturated carbocycles. The normalized spacial score (nSPS) is 11.3. The van der Waals surface area contributed by atoms with Crippen LogP contribution in [0.15, 0.2) is 53.7 Å². The number of hydrogen-bond donors (Lipinski definition) is 0. The zero-order valence-corrected chi connectivity index (χ0v) is 21.5. The minimum Gasteiger partial charge on any atom is -0.478 e.